The highest BCUT2D eigenvalue weighted by molar-refractivity contribution is 5.19. The maximum atomic E-state index is 13.4. The molecule has 1 saturated carbocycles. The standard InChI is InChI=1S/C17H27FN2/c1-17(13-19,12-14-7-6-8-15(18)11-14)20(2)16-9-4-3-5-10-16/h6-8,11,16H,3-5,9-10,12-13,19H2,1-2H3. The molecule has 0 saturated heterocycles. The molecule has 1 unspecified atom stereocenters. The Labute approximate surface area is 122 Å². The summed E-state index contributed by atoms with van der Waals surface area (Å²) in [5, 5.41) is 0. The van der Waals surface area contributed by atoms with Crippen LogP contribution >= 0.6 is 0 Å². The molecule has 0 heterocycles. The molecule has 2 N–H and O–H groups in total. The zero-order valence-corrected chi connectivity index (χ0v) is 12.7. The van der Waals surface area contributed by atoms with Crippen LogP contribution in [0.3, 0.4) is 0 Å². The number of likely N-dealkylation sites (N-methyl/N-ethyl adjacent to an activating group) is 1. The highest BCUT2D eigenvalue weighted by Gasteiger charge is 2.33. The van der Waals surface area contributed by atoms with Gasteiger partial charge in [0.05, 0.1) is 0 Å². The average Bonchev–Trinajstić information content (AvgIpc) is 2.47. The zero-order chi connectivity index (χ0) is 14.6. The fourth-order valence-corrected chi connectivity index (χ4v) is 3.34. The number of hydrogen-bond donors (Lipinski definition) is 1. The normalized spacial score (nSPS) is 20.1. The van der Waals surface area contributed by atoms with Crippen LogP contribution in [0.15, 0.2) is 24.3 Å². The van der Waals surface area contributed by atoms with Crippen LogP contribution in [0, 0.1) is 5.82 Å². The van der Waals surface area contributed by atoms with Gasteiger partial charge in [-0.15, -0.1) is 0 Å². The molecule has 0 bridgehead atoms. The minimum absolute atomic E-state index is 0.101. The first-order valence-corrected chi connectivity index (χ1v) is 7.72. The van der Waals surface area contributed by atoms with Crippen molar-refractivity contribution >= 4 is 0 Å². The molecule has 0 spiro atoms. The molecule has 1 aromatic rings. The van der Waals surface area contributed by atoms with Crippen molar-refractivity contribution < 1.29 is 4.39 Å². The van der Waals surface area contributed by atoms with Crippen LogP contribution in [0.25, 0.3) is 0 Å². The van der Waals surface area contributed by atoms with Crippen molar-refractivity contribution in [2.45, 2.75) is 57.0 Å². The molecule has 0 radical (unpaired) electrons. The molecule has 1 aromatic carbocycles. The Morgan fingerprint density at radius 1 is 1.30 bits per heavy atom. The summed E-state index contributed by atoms with van der Waals surface area (Å²) in [7, 11) is 2.18. The van der Waals surface area contributed by atoms with Crippen LogP contribution in [0.4, 0.5) is 4.39 Å². The molecule has 0 aliphatic heterocycles. The minimum atomic E-state index is -0.165. The molecule has 0 aromatic heterocycles. The van der Waals surface area contributed by atoms with Crippen LogP contribution in [-0.4, -0.2) is 30.1 Å². The van der Waals surface area contributed by atoms with Gasteiger partial charge >= 0.3 is 0 Å². The number of benzene rings is 1. The Morgan fingerprint density at radius 2 is 2.00 bits per heavy atom. The minimum Gasteiger partial charge on any atom is -0.329 e. The molecule has 1 atom stereocenters. The third-order valence-electron chi connectivity index (χ3n) is 4.89. The van der Waals surface area contributed by atoms with Gasteiger partial charge in [0.25, 0.3) is 0 Å². The number of hydrogen-bond acceptors (Lipinski definition) is 2. The van der Waals surface area contributed by atoms with E-state index in [2.05, 4.69) is 18.9 Å². The molecule has 3 heteroatoms. The number of nitrogens with two attached hydrogens (primary N) is 1. The number of rotatable bonds is 5. The maximum absolute atomic E-state index is 13.4. The van der Waals surface area contributed by atoms with Gasteiger partial charge < -0.3 is 5.73 Å². The van der Waals surface area contributed by atoms with E-state index >= 15 is 0 Å². The Hall–Kier alpha value is -0.930. The first-order chi connectivity index (χ1) is 9.55. The Morgan fingerprint density at radius 3 is 2.60 bits per heavy atom. The van der Waals surface area contributed by atoms with E-state index in [1.165, 1.54) is 38.2 Å². The SMILES string of the molecule is CN(C1CCCCC1)C(C)(CN)Cc1cccc(F)c1. The lowest BCUT2D eigenvalue weighted by molar-refractivity contribution is 0.0704. The average molecular weight is 278 g/mol. The molecular weight excluding hydrogens is 251 g/mol. The fraction of sp³-hybridized carbons (Fsp3) is 0.647. The van der Waals surface area contributed by atoms with Gasteiger partial charge in [-0.25, -0.2) is 4.39 Å². The molecule has 2 rings (SSSR count). The van der Waals surface area contributed by atoms with E-state index < -0.39 is 0 Å². The second-order valence-electron chi connectivity index (χ2n) is 6.41. The highest BCUT2D eigenvalue weighted by Crippen LogP contribution is 2.28. The van der Waals surface area contributed by atoms with Crippen molar-refractivity contribution in [1.29, 1.82) is 0 Å². The predicted octanol–water partition coefficient (Wildman–Crippen LogP) is 3.35. The lowest BCUT2D eigenvalue weighted by Crippen LogP contribution is -2.55. The number of nitrogens with zero attached hydrogens (tertiary/aromatic N) is 1. The van der Waals surface area contributed by atoms with E-state index in [1.807, 2.05) is 6.07 Å². The zero-order valence-electron chi connectivity index (χ0n) is 12.7. The molecule has 2 nitrogen and oxygen atoms in total. The molecule has 1 fully saturated rings. The van der Waals surface area contributed by atoms with Gasteiger partial charge in [0.2, 0.25) is 0 Å². The lowest BCUT2D eigenvalue weighted by Gasteiger charge is -2.44. The first-order valence-electron chi connectivity index (χ1n) is 7.72. The van der Waals surface area contributed by atoms with Crippen LogP contribution < -0.4 is 5.73 Å². The monoisotopic (exact) mass is 278 g/mol. The summed E-state index contributed by atoms with van der Waals surface area (Å²) >= 11 is 0. The summed E-state index contributed by atoms with van der Waals surface area (Å²) < 4.78 is 13.4. The van der Waals surface area contributed by atoms with E-state index in [0.29, 0.717) is 12.6 Å². The maximum Gasteiger partial charge on any atom is 0.123 e. The Balaban J connectivity index is 2.10. The van der Waals surface area contributed by atoms with Crippen LogP contribution in [0.1, 0.15) is 44.6 Å². The third-order valence-corrected chi connectivity index (χ3v) is 4.89. The smallest absolute Gasteiger partial charge is 0.123 e. The second kappa shape index (κ2) is 6.68. The summed E-state index contributed by atoms with van der Waals surface area (Å²) in [6, 6.07) is 7.51. The summed E-state index contributed by atoms with van der Waals surface area (Å²) in [6.45, 7) is 2.79. The van der Waals surface area contributed by atoms with E-state index in [9.17, 15) is 4.39 Å². The van der Waals surface area contributed by atoms with Gasteiger partial charge in [-0.3, -0.25) is 4.90 Å². The molecule has 1 aliphatic carbocycles. The first kappa shape index (κ1) is 15.5. The molecule has 112 valence electrons. The van der Waals surface area contributed by atoms with Gasteiger partial charge in [-0.05, 0) is 50.9 Å². The highest BCUT2D eigenvalue weighted by atomic mass is 19.1. The van der Waals surface area contributed by atoms with Crippen molar-refractivity contribution in [2.75, 3.05) is 13.6 Å². The Kier molecular flexibility index (Phi) is 5.17. The molecule has 0 amide bonds. The van der Waals surface area contributed by atoms with Gasteiger partial charge in [0, 0.05) is 18.1 Å². The van der Waals surface area contributed by atoms with Gasteiger partial charge in [-0.1, -0.05) is 31.4 Å². The summed E-state index contributed by atoms with van der Waals surface area (Å²) in [4.78, 5) is 2.44. The lowest BCUT2D eigenvalue weighted by atomic mass is 9.86. The van der Waals surface area contributed by atoms with Gasteiger partial charge in [0.1, 0.15) is 5.82 Å². The summed E-state index contributed by atoms with van der Waals surface area (Å²) in [6.07, 6.45) is 7.30. The molecule has 1 aliphatic rings. The second-order valence-corrected chi connectivity index (χ2v) is 6.41. The van der Waals surface area contributed by atoms with Crippen molar-refractivity contribution in [3.8, 4) is 0 Å². The third kappa shape index (κ3) is 3.58. The summed E-state index contributed by atoms with van der Waals surface area (Å²) in [5.41, 5.74) is 6.99. The van der Waals surface area contributed by atoms with E-state index in [4.69, 9.17) is 5.73 Å². The van der Waals surface area contributed by atoms with Crippen molar-refractivity contribution in [1.82, 2.24) is 4.90 Å². The predicted molar refractivity (Wildman–Crippen MR) is 82.2 cm³/mol. The quantitative estimate of drug-likeness (QED) is 0.895. The molecular formula is C17H27FN2. The summed E-state index contributed by atoms with van der Waals surface area (Å²) in [5.74, 6) is -0.165. The van der Waals surface area contributed by atoms with Gasteiger partial charge in [0.15, 0.2) is 0 Å². The largest absolute Gasteiger partial charge is 0.329 e. The van der Waals surface area contributed by atoms with Crippen molar-refractivity contribution in [3.05, 3.63) is 35.6 Å². The van der Waals surface area contributed by atoms with Crippen molar-refractivity contribution in [2.24, 2.45) is 5.73 Å². The van der Waals surface area contributed by atoms with E-state index in [0.717, 1.165) is 12.0 Å². The number of halogens is 1. The topological polar surface area (TPSA) is 29.3 Å². The van der Waals surface area contributed by atoms with E-state index in [1.54, 1.807) is 12.1 Å². The fourth-order valence-electron chi connectivity index (χ4n) is 3.34. The molecule has 20 heavy (non-hydrogen) atoms. The Bertz CT molecular complexity index is 429. The van der Waals surface area contributed by atoms with Crippen LogP contribution in [0.2, 0.25) is 0 Å². The van der Waals surface area contributed by atoms with Crippen molar-refractivity contribution in [3.63, 3.8) is 0 Å². The van der Waals surface area contributed by atoms with Crippen LogP contribution in [-0.2, 0) is 6.42 Å². The van der Waals surface area contributed by atoms with E-state index in [-0.39, 0.29) is 11.4 Å². The van der Waals surface area contributed by atoms with Crippen LogP contribution in [0.5, 0.6) is 0 Å². The van der Waals surface area contributed by atoms with Gasteiger partial charge in [-0.2, -0.15) is 0 Å².